The molecule has 1 aromatic carbocycles. The fraction of sp³-hybridized carbons (Fsp3) is 0.484. The first-order valence-electron chi connectivity index (χ1n) is 13.5. The molecule has 6 heteroatoms. The molecular formula is C31H42F2N4. The van der Waals surface area contributed by atoms with E-state index in [4.69, 9.17) is 4.99 Å². The van der Waals surface area contributed by atoms with Gasteiger partial charge in [0, 0.05) is 41.3 Å². The quantitative estimate of drug-likeness (QED) is 0.212. The summed E-state index contributed by atoms with van der Waals surface area (Å²) >= 11 is 0. The highest BCUT2D eigenvalue weighted by Gasteiger charge is 2.50. The third-order valence-corrected chi connectivity index (χ3v) is 6.89. The summed E-state index contributed by atoms with van der Waals surface area (Å²) in [5.74, 6) is 0.631. The van der Waals surface area contributed by atoms with Crippen LogP contribution in [0.3, 0.4) is 0 Å². The Bertz CT molecular complexity index is 1120. The van der Waals surface area contributed by atoms with E-state index in [-0.39, 0.29) is 17.8 Å². The Morgan fingerprint density at radius 1 is 1.22 bits per heavy atom. The molecule has 4 nitrogen and oxygen atoms in total. The van der Waals surface area contributed by atoms with Crippen molar-refractivity contribution in [1.82, 2.24) is 15.6 Å². The topological polar surface area (TPSA) is 49.3 Å². The molecule has 3 rings (SSSR count). The summed E-state index contributed by atoms with van der Waals surface area (Å²) in [4.78, 5) is 9.86. The molecule has 1 aliphatic carbocycles. The van der Waals surface area contributed by atoms with E-state index in [1.54, 1.807) is 13.1 Å². The van der Waals surface area contributed by atoms with Crippen LogP contribution in [0, 0.1) is 11.7 Å². The molecule has 2 N–H and O–H groups in total. The lowest BCUT2D eigenvalue weighted by atomic mass is 9.98. The molecular weight excluding hydrogens is 466 g/mol. The van der Waals surface area contributed by atoms with Crippen molar-refractivity contribution in [2.24, 2.45) is 10.9 Å². The second-order valence-electron chi connectivity index (χ2n) is 10.6. The van der Waals surface area contributed by atoms with Gasteiger partial charge in [-0.05, 0) is 102 Å². The number of nitrogens with zero attached hydrogens (tertiary/aromatic N) is 2. The van der Waals surface area contributed by atoms with Crippen molar-refractivity contribution in [2.45, 2.75) is 84.9 Å². The van der Waals surface area contributed by atoms with Gasteiger partial charge < -0.3 is 10.6 Å². The number of aliphatic imine (C=N–C) groups is 1. The van der Waals surface area contributed by atoms with Gasteiger partial charge in [0.25, 0.3) is 0 Å². The number of rotatable bonds is 14. The molecule has 0 radical (unpaired) electrons. The average molecular weight is 509 g/mol. The van der Waals surface area contributed by atoms with E-state index in [1.165, 1.54) is 12.1 Å². The Hall–Kier alpha value is -3.02. The first-order valence-corrected chi connectivity index (χ1v) is 13.5. The Balaban J connectivity index is 1.98. The van der Waals surface area contributed by atoms with E-state index in [1.807, 2.05) is 25.1 Å². The van der Waals surface area contributed by atoms with Crippen molar-refractivity contribution in [3.8, 4) is 0 Å². The monoisotopic (exact) mass is 508 g/mol. The number of nitrogens with one attached hydrogen (secondary N) is 2. The highest BCUT2D eigenvalue weighted by Crippen LogP contribution is 2.49. The van der Waals surface area contributed by atoms with Crippen LogP contribution in [0.2, 0.25) is 0 Å². The van der Waals surface area contributed by atoms with E-state index in [0.29, 0.717) is 25.7 Å². The van der Waals surface area contributed by atoms with E-state index < -0.39 is 5.67 Å². The molecule has 0 amide bonds. The SMILES string of the molecule is C=C(NC(C)C)/C(C)=C(/N=C(\CCc1ccc(F)cc1)c1cccnc1CCC1CC1(C)F)NCCC. The van der Waals surface area contributed by atoms with Gasteiger partial charge in [0.1, 0.15) is 17.3 Å². The number of halogens is 2. The molecule has 1 fully saturated rings. The largest absolute Gasteiger partial charge is 0.383 e. The number of pyridine rings is 1. The maximum Gasteiger partial charge on any atom is 0.131 e. The molecule has 0 aliphatic heterocycles. The van der Waals surface area contributed by atoms with Crippen LogP contribution in [0.1, 0.15) is 77.1 Å². The van der Waals surface area contributed by atoms with Gasteiger partial charge in [-0.3, -0.25) is 4.98 Å². The summed E-state index contributed by atoms with van der Waals surface area (Å²) in [6, 6.07) is 10.9. The Morgan fingerprint density at radius 3 is 2.54 bits per heavy atom. The zero-order chi connectivity index (χ0) is 27.0. The van der Waals surface area contributed by atoms with Crippen LogP contribution in [0.25, 0.3) is 0 Å². The van der Waals surface area contributed by atoms with Crippen molar-refractivity contribution < 1.29 is 8.78 Å². The maximum absolute atomic E-state index is 14.2. The van der Waals surface area contributed by atoms with E-state index >= 15 is 0 Å². The number of benzene rings is 1. The van der Waals surface area contributed by atoms with Crippen molar-refractivity contribution in [3.05, 3.63) is 88.9 Å². The van der Waals surface area contributed by atoms with Crippen molar-refractivity contribution in [3.63, 3.8) is 0 Å². The molecule has 1 heterocycles. The standard InChI is InChI=1S/C31H42F2N4/c1-7-18-35-30(22(4)23(5)36-21(2)3)37-29(16-12-24-10-14-26(32)15-11-24)27-9-8-19-34-28(27)17-13-25-20-31(25,6)33/h8-11,14-15,19,21,25,35-36H,5,7,12-13,16-18,20H2,1-4,6H3/b30-22+,37-29+. The lowest BCUT2D eigenvalue weighted by Gasteiger charge is -2.18. The van der Waals surface area contributed by atoms with Crippen LogP contribution >= 0.6 is 0 Å². The predicted molar refractivity (Wildman–Crippen MR) is 150 cm³/mol. The first kappa shape index (κ1) is 28.5. The van der Waals surface area contributed by atoms with Gasteiger partial charge in [-0.2, -0.15) is 0 Å². The first-order chi connectivity index (χ1) is 17.6. The Kier molecular flexibility index (Phi) is 10.0. The number of hydrogen-bond acceptors (Lipinski definition) is 4. The lowest BCUT2D eigenvalue weighted by molar-refractivity contribution is 0.303. The highest BCUT2D eigenvalue weighted by molar-refractivity contribution is 6.02. The summed E-state index contributed by atoms with van der Waals surface area (Å²) in [5, 5.41) is 6.88. The van der Waals surface area contributed by atoms with Gasteiger partial charge in [0.2, 0.25) is 0 Å². The second-order valence-corrected chi connectivity index (χ2v) is 10.6. The maximum atomic E-state index is 14.2. The number of aryl methyl sites for hydroxylation is 2. The molecule has 0 spiro atoms. The van der Waals surface area contributed by atoms with E-state index in [2.05, 4.69) is 49.0 Å². The second kappa shape index (κ2) is 13.0. The third kappa shape index (κ3) is 8.51. The Labute approximate surface area is 221 Å². The molecule has 2 atom stereocenters. The predicted octanol–water partition coefficient (Wildman–Crippen LogP) is 7.07. The van der Waals surface area contributed by atoms with Crippen LogP contribution in [0.15, 0.2) is 71.3 Å². The minimum atomic E-state index is -1.05. The van der Waals surface area contributed by atoms with Crippen LogP contribution < -0.4 is 10.6 Å². The van der Waals surface area contributed by atoms with Gasteiger partial charge >= 0.3 is 0 Å². The molecule has 37 heavy (non-hydrogen) atoms. The number of allylic oxidation sites excluding steroid dienone is 1. The van der Waals surface area contributed by atoms with Crippen molar-refractivity contribution in [1.29, 1.82) is 0 Å². The van der Waals surface area contributed by atoms with Gasteiger partial charge in [0.05, 0.1) is 5.71 Å². The summed E-state index contributed by atoms with van der Waals surface area (Å²) in [6.45, 7) is 15.0. The molecule has 1 aromatic heterocycles. The van der Waals surface area contributed by atoms with Gasteiger partial charge in [0.15, 0.2) is 0 Å². The molecule has 0 bridgehead atoms. The van der Waals surface area contributed by atoms with Crippen molar-refractivity contribution in [2.75, 3.05) is 6.54 Å². The van der Waals surface area contributed by atoms with Crippen LogP contribution in [-0.2, 0) is 12.8 Å². The van der Waals surface area contributed by atoms with Gasteiger partial charge in [-0.1, -0.05) is 25.6 Å². The smallest absolute Gasteiger partial charge is 0.131 e. The molecule has 1 aliphatic rings. The zero-order valence-electron chi connectivity index (χ0n) is 23.0. The molecule has 200 valence electrons. The average Bonchev–Trinajstić information content (AvgIpc) is 3.48. The summed E-state index contributed by atoms with van der Waals surface area (Å²) in [6.07, 6.45) is 6.23. The van der Waals surface area contributed by atoms with Crippen molar-refractivity contribution >= 4 is 5.71 Å². The Morgan fingerprint density at radius 2 is 1.92 bits per heavy atom. The van der Waals surface area contributed by atoms with Gasteiger partial charge in [-0.15, -0.1) is 0 Å². The highest BCUT2D eigenvalue weighted by atomic mass is 19.1. The molecule has 2 unspecified atom stereocenters. The zero-order valence-corrected chi connectivity index (χ0v) is 23.0. The van der Waals surface area contributed by atoms with Crippen LogP contribution in [0.5, 0.6) is 0 Å². The fourth-order valence-corrected chi connectivity index (χ4v) is 4.44. The minimum Gasteiger partial charge on any atom is -0.383 e. The summed E-state index contributed by atoms with van der Waals surface area (Å²) in [5.41, 5.74) is 4.61. The number of alkyl halides is 1. The van der Waals surface area contributed by atoms with Crippen LogP contribution in [-0.4, -0.2) is 29.0 Å². The molecule has 2 aromatic rings. The third-order valence-electron chi connectivity index (χ3n) is 6.89. The fourth-order valence-electron chi connectivity index (χ4n) is 4.44. The molecule has 1 saturated carbocycles. The number of aromatic nitrogens is 1. The van der Waals surface area contributed by atoms with Gasteiger partial charge in [-0.25, -0.2) is 13.8 Å². The lowest BCUT2D eigenvalue weighted by Crippen LogP contribution is -2.25. The number of hydrogen-bond donors (Lipinski definition) is 2. The normalized spacial score (nSPS) is 20.0. The van der Waals surface area contributed by atoms with E-state index in [0.717, 1.165) is 59.0 Å². The van der Waals surface area contributed by atoms with Crippen LogP contribution in [0.4, 0.5) is 8.78 Å². The summed E-state index contributed by atoms with van der Waals surface area (Å²) in [7, 11) is 0. The molecule has 0 saturated heterocycles. The summed E-state index contributed by atoms with van der Waals surface area (Å²) < 4.78 is 27.7. The van der Waals surface area contributed by atoms with E-state index in [9.17, 15) is 8.78 Å². The minimum absolute atomic E-state index is 0.0938.